The van der Waals surface area contributed by atoms with Crippen LogP contribution in [-0.2, 0) is 17.6 Å². The summed E-state index contributed by atoms with van der Waals surface area (Å²) in [5.74, 6) is 1.00. The van der Waals surface area contributed by atoms with Gasteiger partial charge in [-0.3, -0.25) is 14.5 Å². The van der Waals surface area contributed by atoms with Gasteiger partial charge in [-0.25, -0.2) is 0 Å². The molecule has 2 aromatic rings. The van der Waals surface area contributed by atoms with E-state index in [1.165, 1.54) is 5.56 Å². The van der Waals surface area contributed by atoms with E-state index >= 15 is 0 Å². The molecular weight excluding hydrogens is 364 g/mol. The Morgan fingerprint density at radius 1 is 1.10 bits per heavy atom. The van der Waals surface area contributed by atoms with Crippen LogP contribution in [0.1, 0.15) is 34.3 Å². The van der Waals surface area contributed by atoms with E-state index in [1.807, 2.05) is 36.4 Å². The standard InChI is InChI=1S/C24H26N2O3/c27-22(17-6-7-21-18(8-17)9-23(28)25-21)15-26-13-19-11-24(29,12-20(19)14-26)10-16-4-2-1-3-5-16/h1-8,19-20,29H,9-15H2,(H,25,28)/t19-,20+,24-. The van der Waals surface area contributed by atoms with Gasteiger partial charge in [0.15, 0.2) is 5.78 Å². The first-order chi connectivity index (χ1) is 14.0. The molecule has 3 aliphatic rings. The molecule has 5 rings (SSSR count). The minimum atomic E-state index is -0.619. The number of carbonyl (C=O) groups excluding carboxylic acids is 2. The van der Waals surface area contributed by atoms with E-state index in [9.17, 15) is 14.7 Å². The number of likely N-dealkylation sites (tertiary alicyclic amines) is 1. The average molecular weight is 390 g/mol. The van der Waals surface area contributed by atoms with Gasteiger partial charge in [0.25, 0.3) is 0 Å². The number of rotatable bonds is 5. The van der Waals surface area contributed by atoms with Gasteiger partial charge in [-0.1, -0.05) is 30.3 Å². The van der Waals surface area contributed by atoms with Crippen LogP contribution in [0.5, 0.6) is 0 Å². The summed E-state index contributed by atoms with van der Waals surface area (Å²) in [4.78, 5) is 26.5. The molecule has 2 heterocycles. The Bertz CT molecular complexity index is 942. The van der Waals surface area contributed by atoms with Crippen molar-refractivity contribution in [1.29, 1.82) is 0 Å². The lowest BCUT2D eigenvalue weighted by atomic mass is 9.91. The highest BCUT2D eigenvalue weighted by molar-refractivity contribution is 6.02. The minimum Gasteiger partial charge on any atom is -0.390 e. The van der Waals surface area contributed by atoms with Crippen LogP contribution in [0.2, 0.25) is 0 Å². The lowest BCUT2D eigenvalue weighted by Gasteiger charge is -2.26. The molecule has 1 aliphatic carbocycles. The third-order valence-electron chi connectivity index (χ3n) is 6.73. The summed E-state index contributed by atoms with van der Waals surface area (Å²) in [7, 11) is 0. The first kappa shape index (κ1) is 18.5. The molecule has 2 aliphatic heterocycles. The molecule has 29 heavy (non-hydrogen) atoms. The van der Waals surface area contributed by atoms with Crippen molar-refractivity contribution in [3.63, 3.8) is 0 Å². The molecule has 1 saturated heterocycles. The van der Waals surface area contributed by atoms with Crippen molar-refractivity contribution in [3.05, 3.63) is 65.2 Å². The molecular formula is C24H26N2O3. The normalized spacial score (nSPS) is 28.2. The number of hydrogen-bond donors (Lipinski definition) is 2. The lowest BCUT2D eigenvalue weighted by Crippen LogP contribution is -2.34. The number of hydrogen-bond acceptors (Lipinski definition) is 4. The molecule has 0 radical (unpaired) electrons. The van der Waals surface area contributed by atoms with Crippen molar-refractivity contribution >= 4 is 17.4 Å². The Morgan fingerprint density at radius 3 is 2.55 bits per heavy atom. The fraction of sp³-hybridized carbons (Fsp3) is 0.417. The Balaban J connectivity index is 1.18. The van der Waals surface area contributed by atoms with Gasteiger partial charge in [-0.05, 0) is 54.0 Å². The maximum Gasteiger partial charge on any atom is 0.228 e. The van der Waals surface area contributed by atoms with Gasteiger partial charge in [0.2, 0.25) is 5.91 Å². The summed E-state index contributed by atoms with van der Waals surface area (Å²) >= 11 is 0. The lowest BCUT2D eigenvalue weighted by molar-refractivity contribution is -0.115. The van der Waals surface area contributed by atoms with Crippen LogP contribution in [0.15, 0.2) is 48.5 Å². The zero-order valence-corrected chi connectivity index (χ0v) is 16.4. The summed E-state index contributed by atoms with van der Waals surface area (Å²) in [6.45, 7) is 2.15. The van der Waals surface area contributed by atoms with Gasteiger partial charge >= 0.3 is 0 Å². The number of aliphatic hydroxyl groups is 1. The highest BCUT2D eigenvalue weighted by atomic mass is 16.3. The molecule has 0 spiro atoms. The second-order valence-electron chi connectivity index (χ2n) is 9.03. The highest BCUT2D eigenvalue weighted by Gasteiger charge is 2.48. The predicted molar refractivity (Wildman–Crippen MR) is 111 cm³/mol. The Morgan fingerprint density at radius 2 is 1.83 bits per heavy atom. The average Bonchev–Trinajstić information content (AvgIpc) is 3.31. The molecule has 1 amide bonds. The van der Waals surface area contributed by atoms with Crippen molar-refractivity contribution in [2.24, 2.45) is 11.8 Å². The third-order valence-corrected chi connectivity index (χ3v) is 6.73. The van der Waals surface area contributed by atoms with Gasteiger partial charge < -0.3 is 10.4 Å². The largest absolute Gasteiger partial charge is 0.390 e. The summed E-state index contributed by atoms with van der Waals surface area (Å²) in [5.41, 5.74) is 2.97. The fourth-order valence-corrected chi connectivity index (χ4v) is 5.50. The molecule has 5 nitrogen and oxygen atoms in total. The quantitative estimate of drug-likeness (QED) is 0.770. The van der Waals surface area contributed by atoms with E-state index in [0.29, 0.717) is 36.8 Å². The molecule has 2 fully saturated rings. The molecule has 0 unspecified atom stereocenters. The van der Waals surface area contributed by atoms with Crippen molar-refractivity contribution in [2.75, 3.05) is 25.0 Å². The zero-order valence-electron chi connectivity index (χ0n) is 16.4. The van der Waals surface area contributed by atoms with Gasteiger partial charge in [0, 0.05) is 30.8 Å². The zero-order chi connectivity index (χ0) is 20.0. The van der Waals surface area contributed by atoms with E-state index in [-0.39, 0.29) is 11.7 Å². The molecule has 150 valence electrons. The van der Waals surface area contributed by atoms with E-state index in [0.717, 1.165) is 37.2 Å². The van der Waals surface area contributed by atoms with Crippen molar-refractivity contribution in [1.82, 2.24) is 4.90 Å². The molecule has 0 bridgehead atoms. The Labute approximate surface area is 170 Å². The second kappa shape index (κ2) is 7.08. The van der Waals surface area contributed by atoms with E-state index in [2.05, 4.69) is 22.3 Å². The number of fused-ring (bicyclic) bond motifs is 2. The summed E-state index contributed by atoms with van der Waals surface area (Å²) in [6.07, 6.45) is 2.68. The van der Waals surface area contributed by atoms with E-state index < -0.39 is 5.60 Å². The SMILES string of the molecule is O=C1Cc2cc(C(=O)CN3C[C@@H]4C[C@@](O)(Cc5ccccc5)C[C@@H]4C3)ccc2N1. The van der Waals surface area contributed by atoms with Crippen LogP contribution in [0, 0.1) is 11.8 Å². The van der Waals surface area contributed by atoms with Crippen LogP contribution in [0.25, 0.3) is 0 Å². The summed E-state index contributed by atoms with van der Waals surface area (Å²) < 4.78 is 0. The van der Waals surface area contributed by atoms with Crippen molar-refractivity contribution in [3.8, 4) is 0 Å². The highest BCUT2D eigenvalue weighted by Crippen LogP contribution is 2.45. The molecule has 1 saturated carbocycles. The minimum absolute atomic E-state index is 0.0139. The second-order valence-corrected chi connectivity index (χ2v) is 9.03. The van der Waals surface area contributed by atoms with Crippen LogP contribution in [0.4, 0.5) is 5.69 Å². The number of benzene rings is 2. The first-order valence-corrected chi connectivity index (χ1v) is 10.4. The fourth-order valence-electron chi connectivity index (χ4n) is 5.50. The molecule has 5 heteroatoms. The van der Waals surface area contributed by atoms with Gasteiger partial charge in [0.05, 0.1) is 18.6 Å². The number of nitrogens with one attached hydrogen (secondary N) is 1. The number of anilines is 1. The number of nitrogens with zero attached hydrogens (tertiary/aromatic N) is 1. The van der Waals surface area contributed by atoms with E-state index in [1.54, 1.807) is 0 Å². The van der Waals surface area contributed by atoms with Gasteiger partial charge in [0.1, 0.15) is 0 Å². The molecule has 2 N–H and O–H groups in total. The topological polar surface area (TPSA) is 69.6 Å². The van der Waals surface area contributed by atoms with Crippen LogP contribution >= 0.6 is 0 Å². The smallest absolute Gasteiger partial charge is 0.228 e. The predicted octanol–water partition coefficient (Wildman–Crippen LogP) is 2.68. The Kier molecular flexibility index (Phi) is 4.52. The summed E-state index contributed by atoms with van der Waals surface area (Å²) in [6, 6.07) is 15.7. The number of amides is 1. The molecule has 3 atom stereocenters. The molecule has 2 aromatic carbocycles. The Hall–Kier alpha value is -2.50. The number of carbonyl (C=O) groups is 2. The first-order valence-electron chi connectivity index (χ1n) is 10.4. The van der Waals surface area contributed by atoms with Crippen molar-refractivity contribution in [2.45, 2.75) is 31.3 Å². The van der Waals surface area contributed by atoms with Crippen LogP contribution < -0.4 is 5.32 Å². The maximum atomic E-state index is 12.8. The number of ketones is 1. The van der Waals surface area contributed by atoms with Gasteiger partial charge in [-0.15, -0.1) is 0 Å². The van der Waals surface area contributed by atoms with Crippen LogP contribution in [-0.4, -0.2) is 46.9 Å². The number of Topliss-reactive ketones (excluding diaryl/α,β-unsaturated/α-hetero) is 1. The van der Waals surface area contributed by atoms with E-state index in [4.69, 9.17) is 0 Å². The van der Waals surface area contributed by atoms with Gasteiger partial charge in [-0.2, -0.15) is 0 Å². The van der Waals surface area contributed by atoms with Crippen LogP contribution in [0.3, 0.4) is 0 Å². The monoisotopic (exact) mass is 390 g/mol. The molecule has 0 aromatic heterocycles. The summed E-state index contributed by atoms with van der Waals surface area (Å²) in [5, 5.41) is 13.9. The maximum absolute atomic E-state index is 12.8. The third kappa shape index (κ3) is 3.72. The van der Waals surface area contributed by atoms with Crippen molar-refractivity contribution < 1.29 is 14.7 Å².